The Morgan fingerprint density at radius 3 is 3.13 bits per heavy atom. The molecule has 1 aromatic rings. The number of nitrogens with one attached hydrogen (secondary N) is 1. The van der Waals surface area contributed by atoms with Crippen molar-refractivity contribution in [3.05, 3.63) is 21.9 Å². The van der Waals surface area contributed by atoms with Gasteiger partial charge >= 0.3 is 0 Å². The summed E-state index contributed by atoms with van der Waals surface area (Å²) in [6, 6.07) is 2.36. The molecule has 0 spiro atoms. The lowest BCUT2D eigenvalue weighted by Gasteiger charge is -2.22. The molecule has 82 valence electrons. The molecule has 0 amide bonds. The predicted octanol–water partition coefficient (Wildman–Crippen LogP) is 2.33. The first-order valence-electron chi connectivity index (χ1n) is 5.15. The molecular weight excluding hydrogens is 226 g/mol. The van der Waals surface area contributed by atoms with E-state index in [0.29, 0.717) is 12.5 Å². The fourth-order valence-corrected chi connectivity index (χ4v) is 3.34. The van der Waals surface area contributed by atoms with E-state index < -0.39 is 0 Å². The number of thiophene rings is 1. The average Bonchev–Trinajstić information content (AvgIpc) is 2.66. The van der Waals surface area contributed by atoms with E-state index in [1.54, 1.807) is 11.3 Å². The number of hydrogen-bond acceptors (Lipinski definition) is 4. The molecule has 2 rings (SSSR count). The van der Waals surface area contributed by atoms with Crippen molar-refractivity contribution >= 4 is 28.9 Å². The van der Waals surface area contributed by atoms with Gasteiger partial charge < -0.3 is 5.32 Å². The van der Waals surface area contributed by atoms with Crippen molar-refractivity contribution in [1.82, 2.24) is 5.32 Å². The van der Waals surface area contributed by atoms with Crippen LogP contribution in [0.2, 0.25) is 0 Å². The second-order valence-electron chi connectivity index (χ2n) is 3.80. The molecule has 1 N–H and O–H groups in total. The van der Waals surface area contributed by atoms with Crippen LogP contribution in [0.15, 0.2) is 11.4 Å². The van der Waals surface area contributed by atoms with E-state index in [0.717, 1.165) is 17.9 Å². The molecular formula is C11H15NOS2. The predicted molar refractivity (Wildman–Crippen MR) is 67.1 cm³/mol. The standard InChI is InChI=1S/C11H15NOS2/c1-8-4-9(6-15-8)11(13)5-10-7-14-3-2-12-10/h4,6,10,12H,2-3,5,7H2,1H3. The zero-order valence-electron chi connectivity index (χ0n) is 8.79. The van der Waals surface area contributed by atoms with Crippen LogP contribution in [0.4, 0.5) is 0 Å². The van der Waals surface area contributed by atoms with Gasteiger partial charge in [-0.2, -0.15) is 11.8 Å². The third-order valence-corrected chi connectivity index (χ3v) is 4.48. The molecule has 15 heavy (non-hydrogen) atoms. The largest absolute Gasteiger partial charge is 0.312 e. The van der Waals surface area contributed by atoms with E-state index in [4.69, 9.17) is 0 Å². The Kier molecular flexibility index (Phi) is 3.83. The van der Waals surface area contributed by atoms with Crippen LogP contribution in [0.5, 0.6) is 0 Å². The Morgan fingerprint density at radius 2 is 2.53 bits per heavy atom. The summed E-state index contributed by atoms with van der Waals surface area (Å²) in [4.78, 5) is 13.1. The lowest BCUT2D eigenvalue weighted by Crippen LogP contribution is -2.38. The van der Waals surface area contributed by atoms with Gasteiger partial charge in [0.1, 0.15) is 0 Å². The minimum atomic E-state index is 0.277. The summed E-state index contributed by atoms with van der Waals surface area (Å²) in [5, 5.41) is 5.35. The van der Waals surface area contributed by atoms with Crippen molar-refractivity contribution in [2.45, 2.75) is 19.4 Å². The zero-order valence-corrected chi connectivity index (χ0v) is 10.4. The monoisotopic (exact) mass is 241 g/mol. The van der Waals surface area contributed by atoms with Crippen LogP contribution < -0.4 is 5.32 Å². The van der Waals surface area contributed by atoms with Gasteiger partial charge in [0.05, 0.1) is 0 Å². The molecule has 1 fully saturated rings. The molecule has 2 nitrogen and oxygen atoms in total. The summed E-state index contributed by atoms with van der Waals surface area (Å²) < 4.78 is 0. The average molecular weight is 241 g/mol. The van der Waals surface area contributed by atoms with E-state index in [1.807, 2.05) is 30.1 Å². The third kappa shape index (κ3) is 3.06. The van der Waals surface area contributed by atoms with Crippen LogP contribution >= 0.6 is 23.1 Å². The number of rotatable bonds is 3. The first kappa shape index (κ1) is 11.2. The first-order valence-corrected chi connectivity index (χ1v) is 7.18. The maximum absolute atomic E-state index is 11.9. The zero-order chi connectivity index (χ0) is 10.7. The lowest BCUT2D eigenvalue weighted by molar-refractivity contribution is 0.0972. The Hall–Kier alpha value is -0.320. The van der Waals surface area contributed by atoms with Gasteiger partial charge in [0.15, 0.2) is 5.78 Å². The number of hydrogen-bond donors (Lipinski definition) is 1. The normalized spacial score (nSPS) is 21.5. The van der Waals surface area contributed by atoms with Crippen LogP contribution in [0.25, 0.3) is 0 Å². The number of thioether (sulfide) groups is 1. The maximum atomic E-state index is 11.9. The van der Waals surface area contributed by atoms with Crippen LogP contribution in [0.3, 0.4) is 0 Å². The van der Waals surface area contributed by atoms with E-state index in [-0.39, 0.29) is 5.78 Å². The molecule has 1 aliphatic rings. The Balaban J connectivity index is 1.91. The van der Waals surface area contributed by atoms with Crippen molar-refractivity contribution in [3.63, 3.8) is 0 Å². The van der Waals surface area contributed by atoms with E-state index in [1.165, 1.54) is 10.6 Å². The van der Waals surface area contributed by atoms with Gasteiger partial charge in [-0.1, -0.05) is 0 Å². The van der Waals surface area contributed by atoms with Crippen molar-refractivity contribution in [1.29, 1.82) is 0 Å². The molecule has 1 unspecified atom stereocenters. The Bertz CT molecular complexity index is 342. The Morgan fingerprint density at radius 1 is 1.67 bits per heavy atom. The van der Waals surface area contributed by atoms with Gasteiger partial charge in [-0.25, -0.2) is 0 Å². The second kappa shape index (κ2) is 5.14. The van der Waals surface area contributed by atoms with E-state index in [9.17, 15) is 4.79 Å². The molecule has 1 aromatic heterocycles. The highest BCUT2D eigenvalue weighted by Crippen LogP contribution is 2.17. The minimum Gasteiger partial charge on any atom is -0.312 e. The van der Waals surface area contributed by atoms with Gasteiger partial charge in [0.25, 0.3) is 0 Å². The smallest absolute Gasteiger partial charge is 0.165 e. The topological polar surface area (TPSA) is 29.1 Å². The second-order valence-corrected chi connectivity index (χ2v) is 6.06. The van der Waals surface area contributed by atoms with Crippen LogP contribution in [-0.2, 0) is 0 Å². The molecule has 1 saturated heterocycles. The summed E-state index contributed by atoms with van der Waals surface area (Å²) >= 11 is 3.58. The minimum absolute atomic E-state index is 0.277. The molecule has 0 bridgehead atoms. The van der Waals surface area contributed by atoms with Gasteiger partial charge in [-0.05, 0) is 13.0 Å². The molecule has 1 aliphatic heterocycles. The number of Topliss-reactive ketones (excluding diaryl/α,β-unsaturated/α-hetero) is 1. The fourth-order valence-electron chi connectivity index (χ4n) is 1.68. The van der Waals surface area contributed by atoms with Gasteiger partial charge in [0.2, 0.25) is 0 Å². The fraction of sp³-hybridized carbons (Fsp3) is 0.545. The Labute approximate surface area is 98.5 Å². The molecule has 0 saturated carbocycles. The highest BCUT2D eigenvalue weighted by molar-refractivity contribution is 7.99. The van der Waals surface area contributed by atoms with Crippen molar-refractivity contribution in [2.75, 3.05) is 18.1 Å². The first-order chi connectivity index (χ1) is 7.25. The van der Waals surface area contributed by atoms with Gasteiger partial charge in [-0.3, -0.25) is 4.79 Å². The maximum Gasteiger partial charge on any atom is 0.165 e. The molecule has 2 heterocycles. The summed E-state index contributed by atoms with van der Waals surface area (Å²) in [5.41, 5.74) is 0.884. The number of ketones is 1. The molecule has 0 aromatic carbocycles. The van der Waals surface area contributed by atoms with E-state index in [2.05, 4.69) is 5.32 Å². The molecule has 0 radical (unpaired) electrons. The molecule has 0 aliphatic carbocycles. The van der Waals surface area contributed by atoms with Gasteiger partial charge in [0, 0.05) is 46.3 Å². The molecule has 1 atom stereocenters. The van der Waals surface area contributed by atoms with Crippen LogP contribution in [0.1, 0.15) is 21.7 Å². The quantitative estimate of drug-likeness (QED) is 0.824. The van der Waals surface area contributed by atoms with Gasteiger partial charge in [-0.15, -0.1) is 11.3 Å². The van der Waals surface area contributed by atoms with Crippen molar-refractivity contribution in [3.8, 4) is 0 Å². The molecule has 4 heteroatoms. The highest BCUT2D eigenvalue weighted by atomic mass is 32.2. The summed E-state index contributed by atoms with van der Waals surface area (Å²) in [7, 11) is 0. The summed E-state index contributed by atoms with van der Waals surface area (Å²) in [5.74, 6) is 2.51. The number of carbonyl (C=O) groups excluding carboxylic acids is 1. The summed E-state index contributed by atoms with van der Waals surface area (Å²) in [6.45, 7) is 3.07. The van der Waals surface area contributed by atoms with Crippen LogP contribution in [-0.4, -0.2) is 29.9 Å². The summed E-state index contributed by atoms with van der Waals surface area (Å²) in [6.07, 6.45) is 0.642. The highest BCUT2D eigenvalue weighted by Gasteiger charge is 2.18. The van der Waals surface area contributed by atoms with Crippen molar-refractivity contribution < 1.29 is 4.79 Å². The SMILES string of the molecule is Cc1cc(C(=O)CC2CSCCN2)cs1. The lowest BCUT2D eigenvalue weighted by atomic mass is 10.1. The number of carbonyl (C=O) groups is 1. The van der Waals surface area contributed by atoms with E-state index >= 15 is 0 Å². The van der Waals surface area contributed by atoms with Crippen molar-refractivity contribution in [2.24, 2.45) is 0 Å². The van der Waals surface area contributed by atoms with Crippen LogP contribution in [0, 0.1) is 6.92 Å². The number of aryl methyl sites for hydroxylation is 1. The third-order valence-electron chi connectivity index (χ3n) is 2.48.